The standard InChI is InChI=1S/C51H30N4OS/c1-3-13-31(14-4-1)49-52-50(32-15-5-2-6-16-32)54-51(53-49)40-21-12-24-44-47(40)39-27-25-33(29-45(39)56-44)35-19-11-20-38-41-30-34(26-28-46(41)57-48(35)38)55-42-22-9-7-17-36(42)37-18-8-10-23-43(37)55/h1-30H. The van der Waals surface area contributed by atoms with Crippen LogP contribution in [0.15, 0.2) is 186 Å². The van der Waals surface area contributed by atoms with E-state index in [1.54, 1.807) is 0 Å². The maximum absolute atomic E-state index is 6.63. The number of rotatable bonds is 5. The molecule has 0 unspecified atom stereocenters. The summed E-state index contributed by atoms with van der Waals surface area (Å²) in [5.41, 5.74) is 10.3. The fourth-order valence-electron chi connectivity index (χ4n) is 8.46. The van der Waals surface area contributed by atoms with Crippen LogP contribution in [0.5, 0.6) is 0 Å². The zero-order valence-corrected chi connectivity index (χ0v) is 31.2. The van der Waals surface area contributed by atoms with Gasteiger partial charge in [0, 0.05) is 64.1 Å². The molecule has 0 fully saturated rings. The highest BCUT2D eigenvalue weighted by atomic mass is 32.1. The lowest BCUT2D eigenvalue weighted by molar-refractivity contribution is 0.669. The fraction of sp³-hybridized carbons (Fsp3) is 0. The van der Waals surface area contributed by atoms with Crippen LogP contribution in [0.2, 0.25) is 0 Å². The zero-order chi connectivity index (χ0) is 37.5. The van der Waals surface area contributed by atoms with Crippen molar-refractivity contribution in [3.8, 4) is 51.0 Å². The van der Waals surface area contributed by atoms with Gasteiger partial charge >= 0.3 is 0 Å². The molecule has 12 aromatic rings. The highest BCUT2D eigenvalue weighted by molar-refractivity contribution is 7.26. The van der Waals surface area contributed by atoms with E-state index < -0.39 is 0 Å². The van der Waals surface area contributed by atoms with Crippen LogP contribution in [0.1, 0.15) is 0 Å². The first-order chi connectivity index (χ1) is 28.2. The van der Waals surface area contributed by atoms with Crippen molar-refractivity contribution in [2.45, 2.75) is 0 Å². The summed E-state index contributed by atoms with van der Waals surface area (Å²) in [6, 6.07) is 63.8. The SMILES string of the molecule is c1ccc(-c2nc(-c3ccccc3)nc(-c3cccc4oc5cc(-c6cccc7c6sc6ccc(-n8c9ccccc9c9ccccc98)cc67)ccc5c34)n2)cc1. The number of hydrogen-bond donors (Lipinski definition) is 0. The highest BCUT2D eigenvalue weighted by Crippen LogP contribution is 2.44. The summed E-state index contributed by atoms with van der Waals surface area (Å²) in [5.74, 6) is 1.87. The maximum Gasteiger partial charge on any atom is 0.164 e. The Balaban J connectivity index is 0.994. The van der Waals surface area contributed by atoms with E-state index in [1.165, 1.54) is 47.5 Å². The minimum Gasteiger partial charge on any atom is -0.456 e. The van der Waals surface area contributed by atoms with Gasteiger partial charge in [-0.2, -0.15) is 0 Å². The Hall–Kier alpha value is -7.41. The van der Waals surface area contributed by atoms with Gasteiger partial charge in [0.1, 0.15) is 11.2 Å². The van der Waals surface area contributed by atoms with Gasteiger partial charge in [-0.25, -0.2) is 15.0 Å². The zero-order valence-electron chi connectivity index (χ0n) is 30.4. The number of hydrogen-bond acceptors (Lipinski definition) is 5. The number of benzene rings is 8. The van der Waals surface area contributed by atoms with Crippen molar-refractivity contribution in [1.29, 1.82) is 0 Å². The molecule has 0 saturated carbocycles. The molecule has 4 aromatic heterocycles. The van der Waals surface area contributed by atoms with Gasteiger partial charge in [0.2, 0.25) is 0 Å². The third-order valence-corrected chi connectivity index (χ3v) is 12.3. The van der Waals surface area contributed by atoms with Gasteiger partial charge in [-0.1, -0.05) is 133 Å². The van der Waals surface area contributed by atoms with Crippen LogP contribution in [0.3, 0.4) is 0 Å². The third kappa shape index (κ3) is 5.04. The maximum atomic E-state index is 6.63. The van der Waals surface area contributed by atoms with E-state index >= 15 is 0 Å². The van der Waals surface area contributed by atoms with Gasteiger partial charge in [-0.15, -0.1) is 11.3 Å². The Bertz CT molecular complexity index is 3420. The highest BCUT2D eigenvalue weighted by Gasteiger charge is 2.20. The van der Waals surface area contributed by atoms with E-state index in [0.717, 1.165) is 49.9 Å². The molecule has 6 heteroatoms. The second kappa shape index (κ2) is 12.6. The largest absolute Gasteiger partial charge is 0.456 e. The second-order valence-corrected chi connectivity index (χ2v) is 15.4. The summed E-state index contributed by atoms with van der Waals surface area (Å²) in [6.07, 6.45) is 0. The van der Waals surface area contributed by atoms with E-state index in [2.05, 4.69) is 114 Å². The number of fused-ring (bicyclic) bond motifs is 9. The van der Waals surface area contributed by atoms with Gasteiger partial charge in [0.15, 0.2) is 17.5 Å². The Morgan fingerprint density at radius 1 is 0.404 bits per heavy atom. The predicted octanol–water partition coefficient (Wildman–Crippen LogP) is 13.9. The van der Waals surface area contributed by atoms with E-state index in [-0.39, 0.29) is 0 Å². The van der Waals surface area contributed by atoms with Crippen molar-refractivity contribution in [3.05, 3.63) is 182 Å². The molecular formula is C51H30N4OS. The molecule has 4 heterocycles. The Morgan fingerprint density at radius 2 is 1.02 bits per heavy atom. The molecule has 0 radical (unpaired) electrons. The van der Waals surface area contributed by atoms with Crippen LogP contribution in [-0.2, 0) is 0 Å². The number of para-hydroxylation sites is 2. The molecule has 57 heavy (non-hydrogen) atoms. The molecule has 0 atom stereocenters. The molecule has 5 nitrogen and oxygen atoms in total. The summed E-state index contributed by atoms with van der Waals surface area (Å²) in [6.45, 7) is 0. The van der Waals surface area contributed by atoms with Crippen molar-refractivity contribution in [2.24, 2.45) is 0 Å². The molecule has 0 aliphatic carbocycles. The average molecular weight is 747 g/mol. The minimum absolute atomic E-state index is 0.607. The van der Waals surface area contributed by atoms with Crippen LogP contribution in [0.25, 0.3) is 115 Å². The Morgan fingerprint density at radius 3 is 1.74 bits per heavy atom. The molecule has 0 aliphatic rings. The van der Waals surface area contributed by atoms with Crippen molar-refractivity contribution >= 4 is 75.3 Å². The second-order valence-electron chi connectivity index (χ2n) is 14.4. The molecule has 8 aromatic carbocycles. The molecular weight excluding hydrogens is 717 g/mol. The number of aromatic nitrogens is 4. The molecule has 0 bridgehead atoms. The van der Waals surface area contributed by atoms with Gasteiger partial charge in [-0.3, -0.25) is 0 Å². The van der Waals surface area contributed by atoms with E-state index in [4.69, 9.17) is 19.4 Å². The fourth-order valence-corrected chi connectivity index (χ4v) is 9.68. The lowest BCUT2D eigenvalue weighted by Crippen LogP contribution is -2.00. The summed E-state index contributed by atoms with van der Waals surface area (Å²) in [5, 5.41) is 7.04. The predicted molar refractivity (Wildman–Crippen MR) is 236 cm³/mol. The number of thiophene rings is 1. The van der Waals surface area contributed by atoms with Gasteiger partial charge in [0.25, 0.3) is 0 Å². The minimum atomic E-state index is 0.607. The quantitative estimate of drug-likeness (QED) is 0.176. The summed E-state index contributed by atoms with van der Waals surface area (Å²) in [4.78, 5) is 15.0. The van der Waals surface area contributed by atoms with Crippen molar-refractivity contribution in [2.75, 3.05) is 0 Å². The molecule has 0 spiro atoms. The van der Waals surface area contributed by atoms with Crippen molar-refractivity contribution in [1.82, 2.24) is 19.5 Å². The molecule has 12 rings (SSSR count). The summed E-state index contributed by atoms with van der Waals surface area (Å²) >= 11 is 1.84. The van der Waals surface area contributed by atoms with Gasteiger partial charge in [0.05, 0.1) is 11.0 Å². The van der Waals surface area contributed by atoms with E-state index in [0.29, 0.717) is 17.5 Å². The number of furan rings is 1. The average Bonchev–Trinajstić information content (AvgIpc) is 3.96. The van der Waals surface area contributed by atoms with Gasteiger partial charge in [-0.05, 0) is 59.7 Å². The normalized spacial score (nSPS) is 11.9. The lowest BCUT2D eigenvalue weighted by Gasteiger charge is -2.09. The molecule has 0 N–H and O–H groups in total. The van der Waals surface area contributed by atoms with Crippen LogP contribution in [0, 0.1) is 0 Å². The first kappa shape index (κ1) is 31.9. The molecule has 266 valence electrons. The van der Waals surface area contributed by atoms with Crippen LogP contribution in [-0.4, -0.2) is 19.5 Å². The molecule has 0 aliphatic heterocycles. The van der Waals surface area contributed by atoms with Crippen molar-refractivity contribution in [3.63, 3.8) is 0 Å². The first-order valence-corrected chi connectivity index (χ1v) is 19.8. The van der Waals surface area contributed by atoms with E-state index in [1.807, 2.05) is 84.1 Å². The lowest BCUT2D eigenvalue weighted by atomic mass is 10.00. The van der Waals surface area contributed by atoms with E-state index in [9.17, 15) is 0 Å². The van der Waals surface area contributed by atoms with Crippen molar-refractivity contribution < 1.29 is 4.42 Å². The number of nitrogens with zero attached hydrogens (tertiary/aromatic N) is 4. The summed E-state index contributed by atoms with van der Waals surface area (Å²) < 4.78 is 11.5. The summed E-state index contributed by atoms with van der Waals surface area (Å²) in [7, 11) is 0. The Labute approximate surface area is 330 Å². The third-order valence-electron chi connectivity index (χ3n) is 11.1. The first-order valence-electron chi connectivity index (χ1n) is 19.0. The van der Waals surface area contributed by atoms with Gasteiger partial charge < -0.3 is 8.98 Å². The molecule has 0 saturated heterocycles. The van der Waals surface area contributed by atoms with Crippen LogP contribution >= 0.6 is 11.3 Å². The molecule has 0 amide bonds. The smallest absolute Gasteiger partial charge is 0.164 e. The van der Waals surface area contributed by atoms with Crippen LogP contribution in [0.4, 0.5) is 0 Å². The van der Waals surface area contributed by atoms with Crippen LogP contribution < -0.4 is 0 Å². The monoisotopic (exact) mass is 746 g/mol. The Kier molecular flexibility index (Phi) is 7.03. The topological polar surface area (TPSA) is 56.7 Å².